The molecule has 5 heteroatoms. The van der Waals surface area contributed by atoms with Crippen molar-refractivity contribution >= 4 is 16.8 Å². The molecule has 1 aromatic heterocycles. The summed E-state index contributed by atoms with van der Waals surface area (Å²) in [5.74, 6) is 0.0625. The van der Waals surface area contributed by atoms with Crippen LogP contribution in [-0.2, 0) is 22.6 Å². The van der Waals surface area contributed by atoms with Crippen molar-refractivity contribution < 1.29 is 9.53 Å². The number of methoxy groups -OCH3 is 1. The Kier molecular flexibility index (Phi) is 5.78. The number of hydrogen-bond acceptors (Lipinski definition) is 3. The number of aromatic nitrogens is 1. The van der Waals surface area contributed by atoms with Gasteiger partial charge < -0.3 is 19.9 Å². The number of rotatable bonds is 8. The van der Waals surface area contributed by atoms with E-state index in [-0.39, 0.29) is 5.91 Å². The molecule has 0 aliphatic rings. The number of nitrogens with zero attached hydrogens (tertiary/aromatic N) is 1. The van der Waals surface area contributed by atoms with Crippen molar-refractivity contribution in [3.63, 3.8) is 0 Å². The Balaban J connectivity index is 2.12. The minimum absolute atomic E-state index is 0.0625. The number of ether oxygens (including phenoxy) is 1. The van der Waals surface area contributed by atoms with Crippen molar-refractivity contribution in [1.29, 1.82) is 0 Å². The van der Waals surface area contributed by atoms with Gasteiger partial charge in [-0.2, -0.15) is 0 Å². The smallest absolute Gasteiger partial charge is 0.221 e. The summed E-state index contributed by atoms with van der Waals surface area (Å²) in [5.41, 5.74) is 2.44. The Morgan fingerprint density at radius 2 is 2.19 bits per heavy atom. The van der Waals surface area contributed by atoms with Crippen LogP contribution in [-0.4, -0.2) is 37.8 Å². The van der Waals surface area contributed by atoms with E-state index in [1.54, 1.807) is 14.2 Å². The van der Waals surface area contributed by atoms with Crippen molar-refractivity contribution in [3.8, 4) is 0 Å². The second-order valence-corrected chi connectivity index (χ2v) is 4.96. The van der Waals surface area contributed by atoms with E-state index in [1.807, 2.05) is 6.20 Å². The molecule has 0 radical (unpaired) electrons. The average Bonchev–Trinajstić information content (AvgIpc) is 2.93. The lowest BCUT2D eigenvalue weighted by Crippen LogP contribution is -2.20. The minimum atomic E-state index is 0.0625. The molecule has 1 aromatic carbocycles. The third-order valence-electron chi connectivity index (χ3n) is 3.53. The maximum Gasteiger partial charge on any atom is 0.221 e. The van der Waals surface area contributed by atoms with Gasteiger partial charge in [0.05, 0.1) is 12.1 Å². The van der Waals surface area contributed by atoms with Crippen LogP contribution in [0.25, 0.3) is 10.9 Å². The normalized spacial score (nSPS) is 11.0. The number of nitrogens with one attached hydrogen (secondary N) is 2. The second-order valence-electron chi connectivity index (χ2n) is 4.96. The number of hydrogen-bond donors (Lipinski definition) is 2. The van der Waals surface area contributed by atoms with Gasteiger partial charge in [-0.1, -0.05) is 18.2 Å². The molecule has 1 amide bonds. The quantitative estimate of drug-likeness (QED) is 0.724. The highest BCUT2D eigenvalue weighted by Gasteiger charge is 2.07. The van der Waals surface area contributed by atoms with E-state index in [4.69, 9.17) is 4.74 Å². The van der Waals surface area contributed by atoms with E-state index in [0.717, 1.165) is 13.1 Å². The maximum absolute atomic E-state index is 11.4. The van der Waals surface area contributed by atoms with E-state index in [9.17, 15) is 4.79 Å². The summed E-state index contributed by atoms with van der Waals surface area (Å²) in [5, 5.41) is 7.24. The first-order chi connectivity index (χ1) is 10.3. The van der Waals surface area contributed by atoms with Crippen LogP contribution in [0.2, 0.25) is 0 Å². The monoisotopic (exact) mass is 289 g/mol. The lowest BCUT2D eigenvalue weighted by Gasteiger charge is -2.10. The SMILES string of the molecule is CNC(=O)CCn1ccc2cccc(CNCCOC)c21. The fourth-order valence-electron chi connectivity index (χ4n) is 2.41. The van der Waals surface area contributed by atoms with Gasteiger partial charge in [0.1, 0.15) is 0 Å². The van der Waals surface area contributed by atoms with Crippen LogP contribution in [0.1, 0.15) is 12.0 Å². The van der Waals surface area contributed by atoms with Gasteiger partial charge in [0.15, 0.2) is 0 Å². The number of aryl methyl sites for hydroxylation is 1. The Morgan fingerprint density at radius 3 is 2.95 bits per heavy atom. The zero-order valence-corrected chi connectivity index (χ0v) is 12.7. The summed E-state index contributed by atoms with van der Waals surface area (Å²) in [6.07, 6.45) is 2.54. The zero-order chi connectivity index (χ0) is 15.1. The molecule has 21 heavy (non-hydrogen) atoms. The lowest BCUT2D eigenvalue weighted by molar-refractivity contribution is -0.120. The Bertz CT molecular complexity index is 592. The molecule has 0 aliphatic heterocycles. The van der Waals surface area contributed by atoms with Gasteiger partial charge in [-0.3, -0.25) is 4.79 Å². The summed E-state index contributed by atoms with van der Waals surface area (Å²) in [4.78, 5) is 11.4. The summed E-state index contributed by atoms with van der Waals surface area (Å²) >= 11 is 0. The number of amides is 1. The Labute approximate surface area is 125 Å². The van der Waals surface area contributed by atoms with Gasteiger partial charge in [0.2, 0.25) is 5.91 Å². The Hall–Kier alpha value is -1.85. The minimum Gasteiger partial charge on any atom is -0.383 e. The van der Waals surface area contributed by atoms with Crippen LogP contribution < -0.4 is 10.6 Å². The van der Waals surface area contributed by atoms with E-state index in [1.165, 1.54) is 16.5 Å². The molecule has 0 aliphatic carbocycles. The van der Waals surface area contributed by atoms with Crippen LogP contribution >= 0.6 is 0 Å². The molecule has 0 bridgehead atoms. The van der Waals surface area contributed by atoms with Crippen LogP contribution in [0.5, 0.6) is 0 Å². The first kappa shape index (κ1) is 15.5. The molecule has 114 valence electrons. The molecule has 2 rings (SSSR count). The van der Waals surface area contributed by atoms with Gasteiger partial charge in [0.25, 0.3) is 0 Å². The van der Waals surface area contributed by atoms with Crippen molar-refractivity contribution in [3.05, 3.63) is 36.0 Å². The number of fused-ring (bicyclic) bond motifs is 1. The standard InChI is InChI=1S/C16H23N3O2/c1-17-15(20)7-10-19-9-6-13-4-3-5-14(16(13)19)12-18-8-11-21-2/h3-6,9,18H,7-8,10-12H2,1-2H3,(H,17,20). The highest BCUT2D eigenvalue weighted by molar-refractivity contribution is 5.83. The molecule has 1 heterocycles. The Morgan fingerprint density at radius 1 is 1.33 bits per heavy atom. The predicted octanol–water partition coefficient (Wildman–Crippen LogP) is 1.51. The van der Waals surface area contributed by atoms with E-state index >= 15 is 0 Å². The van der Waals surface area contributed by atoms with Crippen LogP contribution in [0.15, 0.2) is 30.5 Å². The number of benzene rings is 1. The summed E-state index contributed by atoms with van der Waals surface area (Å²) < 4.78 is 7.19. The molecule has 0 saturated carbocycles. The summed E-state index contributed by atoms with van der Waals surface area (Å²) in [6, 6.07) is 8.39. The van der Waals surface area contributed by atoms with E-state index in [0.29, 0.717) is 19.6 Å². The first-order valence-corrected chi connectivity index (χ1v) is 7.23. The fraction of sp³-hybridized carbons (Fsp3) is 0.438. The third kappa shape index (κ3) is 4.06. The third-order valence-corrected chi connectivity index (χ3v) is 3.53. The van der Waals surface area contributed by atoms with E-state index < -0.39 is 0 Å². The molecule has 0 unspecified atom stereocenters. The van der Waals surface area contributed by atoms with Crippen molar-refractivity contribution in [2.45, 2.75) is 19.5 Å². The number of para-hydroxylation sites is 1. The average molecular weight is 289 g/mol. The molecular formula is C16H23N3O2. The predicted molar refractivity (Wildman–Crippen MR) is 84.2 cm³/mol. The maximum atomic E-state index is 11.4. The molecular weight excluding hydrogens is 266 g/mol. The topological polar surface area (TPSA) is 55.3 Å². The summed E-state index contributed by atoms with van der Waals surface area (Å²) in [6.45, 7) is 3.02. The first-order valence-electron chi connectivity index (χ1n) is 7.23. The van der Waals surface area contributed by atoms with Gasteiger partial charge in [-0.05, 0) is 17.0 Å². The molecule has 5 nitrogen and oxygen atoms in total. The molecule has 2 aromatic rings. The van der Waals surface area contributed by atoms with Crippen molar-refractivity contribution in [2.75, 3.05) is 27.3 Å². The largest absolute Gasteiger partial charge is 0.383 e. The number of carbonyl (C=O) groups excluding carboxylic acids is 1. The number of carbonyl (C=O) groups is 1. The van der Waals surface area contributed by atoms with Gasteiger partial charge in [-0.25, -0.2) is 0 Å². The van der Waals surface area contributed by atoms with Crippen LogP contribution in [0, 0.1) is 0 Å². The van der Waals surface area contributed by atoms with Gasteiger partial charge >= 0.3 is 0 Å². The van der Waals surface area contributed by atoms with E-state index in [2.05, 4.69) is 39.5 Å². The molecule has 0 atom stereocenters. The van der Waals surface area contributed by atoms with Crippen molar-refractivity contribution in [1.82, 2.24) is 15.2 Å². The second kappa shape index (κ2) is 7.81. The van der Waals surface area contributed by atoms with Gasteiger partial charge in [-0.15, -0.1) is 0 Å². The van der Waals surface area contributed by atoms with Crippen LogP contribution in [0.3, 0.4) is 0 Å². The fourth-order valence-corrected chi connectivity index (χ4v) is 2.41. The van der Waals surface area contributed by atoms with Gasteiger partial charge in [0, 0.05) is 46.4 Å². The molecule has 0 fully saturated rings. The molecule has 0 spiro atoms. The zero-order valence-electron chi connectivity index (χ0n) is 12.7. The highest BCUT2D eigenvalue weighted by Crippen LogP contribution is 2.20. The van der Waals surface area contributed by atoms with Crippen molar-refractivity contribution in [2.24, 2.45) is 0 Å². The molecule has 2 N–H and O–H groups in total. The summed E-state index contributed by atoms with van der Waals surface area (Å²) in [7, 11) is 3.37. The highest BCUT2D eigenvalue weighted by atomic mass is 16.5. The van der Waals surface area contributed by atoms with Crippen LogP contribution in [0.4, 0.5) is 0 Å². The molecule has 0 saturated heterocycles. The lowest BCUT2D eigenvalue weighted by atomic mass is 10.1.